The van der Waals surface area contributed by atoms with Crippen molar-refractivity contribution in [3.8, 4) is 0 Å². The van der Waals surface area contributed by atoms with Crippen LogP contribution in [0.2, 0.25) is 0 Å². The van der Waals surface area contributed by atoms with Crippen LogP contribution in [0.5, 0.6) is 0 Å². The Bertz CT molecular complexity index is 1080. The summed E-state index contributed by atoms with van der Waals surface area (Å²) in [5.41, 5.74) is 3.45. The SMILES string of the molecule is O=C(NCc1ccccc1)c1ccnc(Nc2ccc3ncccc3c2)c1. The average molecular weight is 354 g/mol. The number of rotatable bonds is 5. The molecule has 4 aromatic rings. The molecular weight excluding hydrogens is 336 g/mol. The number of aromatic nitrogens is 2. The Kier molecular flexibility index (Phi) is 4.74. The minimum absolute atomic E-state index is 0.132. The second-order valence-electron chi connectivity index (χ2n) is 6.13. The van der Waals surface area contributed by atoms with Gasteiger partial charge in [0, 0.05) is 35.6 Å². The lowest BCUT2D eigenvalue weighted by Gasteiger charge is -2.09. The van der Waals surface area contributed by atoms with Crippen LogP contribution in [-0.2, 0) is 6.54 Å². The normalized spacial score (nSPS) is 10.5. The molecule has 1 amide bonds. The molecule has 2 N–H and O–H groups in total. The first kappa shape index (κ1) is 16.7. The highest BCUT2D eigenvalue weighted by atomic mass is 16.1. The van der Waals surface area contributed by atoms with E-state index >= 15 is 0 Å². The summed E-state index contributed by atoms with van der Waals surface area (Å²) in [4.78, 5) is 21.0. The van der Waals surface area contributed by atoms with E-state index in [1.54, 1.807) is 24.5 Å². The molecule has 0 aliphatic carbocycles. The van der Waals surface area contributed by atoms with E-state index < -0.39 is 0 Å². The zero-order valence-corrected chi connectivity index (χ0v) is 14.6. The number of anilines is 2. The summed E-state index contributed by atoms with van der Waals surface area (Å²) in [7, 11) is 0. The van der Waals surface area contributed by atoms with Gasteiger partial charge in [-0.15, -0.1) is 0 Å². The monoisotopic (exact) mass is 354 g/mol. The second kappa shape index (κ2) is 7.66. The van der Waals surface area contributed by atoms with Crippen molar-refractivity contribution in [2.24, 2.45) is 0 Å². The number of nitrogens with zero attached hydrogens (tertiary/aromatic N) is 2. The maximum absolute atomic E-state index is 12.4. The van der Waals surface area contributed by atoms with E-state index in [0.29, 0.717) is 17.9 Å². The first-order valence-corrected chi connectivity index (χ1v) is 8.68. The van der Waals surface area contributed by atoms with E-state index in [-0.39, 0.29) is 5.91 Å². The molecule has 0 unspecified atom stereocenters. The number of hydrogen-bond acceptors (Lipinski definition) is 4. The first-order chi connectivity index (χ1) is 13.3. The summed E-state index contributed by atoms with van der Waals surface area (Å²) >= 11 is 0. The van der Waals surface area contributed by atoms with Crippen LogP contribution < -0.4 is 10.6 Å². The van der Waals surface area contributed by atoms with Crippen LogP contribution in [0.1, 0.15) is 15.9 Å². The van der Waals surface area contributed by atoms with Gasteiger partial charge in [0.25, 0.3) is 5.91 Å². The number of hydrogen-bond donors (Lipinski definition) is 2. The van der Waals surface area contributed by atoms with Gasteiger partial charge in [0.2, 0.25) is 0 Å². The molecule has 0 radical (unpaired) electrons. The number of fused-ring (bicyclic) bond motifs is 1. The molecule has 0 saturated heterocycles. The fourth-order valence-corrected chi connectivity index (χ4v) is 2.82. The quantitative estimate of drug-likeness (QED) is 0.561. The van der Waals surface area contributed by atoms with Gasteiger partial charge < -0.3 is 10.6 Å². The zero-order valence-electron chi connectivity index (χ0n) is 14.6. The third-order valence-corrected chi connectivity index (χ3v) is 4.19. The number of nitrogens with one attached hydrogen (secondary N) is 2. The summed E-state index contributed by atoms with van der Waals surface area (Å²) in [6.07, 6.45) is 3.40. The molecule has 5 nitrogen and oxygen atoms in total. The molecule has 0 aliphatic heterocycles. The van der Waals surface area contributed by atoms with Crippen LogP contribution in [0.25, 0.3) is 10.9 Å². The highest BCUT2D eigenvalue weighted by Crippen LogP contribution is 2.20. The van der Waals surface area contributed by atoms with Crippen LogP contribution in [-0.4, -0.2) is 15.9 Å². The van der Waals surface area contributed by atoms with E-state index in [0.717, 1.165) is 22.2 Å². The first-order valence-electron chi connectivity index (χ1n) is 8.68. The Morgan fingerprint density at radius 1 is 0.852 bits per heavy atom. The van der Waals surface area contributed by atoms with Gasteiger partial charge in [0.15, 0.2) is 0 Å². The lowest BCUT2D eigenvalue weighted by Crippen LogP contribution is -2.22. The largest absolute Gasteiger partial charge is 0.348 e. The molecule has 0 bridgehead atoms. The summed E-state index contributed by atoms with van der Waals surface area (Å²) in [6.45, 7) is 0.489. The van der Waals surface area contributed by atoms with Gasteiger partial charge in [-0.05, 0) is 42.0 Å². The Morgan fingerprint density at radius 2 is 1.74 bits per heavy atom. The third kappa shape index (κ3) is 4.10. The van der Waals surface area contributed by atoms with Gasteiger partial charge in [-0.3, -0.25) is 9.78 Å². The minimum Gasteiger partial charge on any atom is -0.348 e. The predicted molar refractivity (Wildman–Crippen MR) is 107 cm³/mol. The standard InChI is InChI=1S/C22H18N4O/c27-22(25-15-16-5-2-1-3-6-16)18-10-12-24-21(14-18)26-19-8-9-20-17(13-19)7-4-11-23-20/h1-14H,15H2,(H,24,26)(H,25,27). The molecule has 0 aliphatic rings. The van der Waals surface area contributed by atoms with Crippen molar-refractivity contribution in [1.29, 1.82) is 0 Å². The van der Waals surface area contributed by atoms with Crippen LogP contribution >= 0.6 is 0 Å². The summed E-state index contributed by atoms with van der Waals surface area (Å²) in [6, 6.07) is 23.1. The van der Waals surface area contributed by atoms with Crippen LogP contribution in [0, 0.1) is 0 Å². The van der Waals surface area contributed by atoms with E-state index in [1.165, 1.54) is 0 Å². The van der Waals surface area contributed by atoms with Crippen LogP contribution in [0.3, 0.4) is 0 Å². The summed E-state index contributed by atoms with van der Waals surface area (Å²) in [5, 5.41) is 7.21. The third-order valence-electron chi connectivity index (χ3n) is 4.19. The Morgan fingerprint density at radius 3 is 2.63 bits per heavy atom. The van der Waals surface area contributed by atoms with E-state index in [2.05, 4.69) is 20.6 Å². The lowest BCUT2D eigenvalue weighted by atomic mass is 10.2. The number of pyridine rings is 2. The Labute approximate surface area is 157 Å². The fraction of sp³-hybridized carbons (Fsp3) is 0.0455. The van der Waals surface area contributed by atoms with Gasteiger partial charge in [0.05, 0.1) is 5.52 Å². The zero-order chi connectivity index (χ0) is 18.5. The van der Waals surface area contributed by atoms with Crippen molar-refractivity contribution in [3.63, 3.8) is 0 Å². The Balaban J connectivity index is 1.47. The maximum atomic E-state index is 12.4. The van der Waals surface area contributed by atoms with Crippen molar-refractivity contribution in [3.05, 3.63) is 96.3 Å². The van der Waals surface area contributed by atoms with E-state index in [1.807, 2.05) is 60.7 Å². The molecule has 0 fully saturated rings. The highest BCUT2D eigenvalue weighted by molar-refractivity contribution is 5.95. The summed E-state index contributed by atoms with van der Waals surface area (Å²) < 4.78 is 0. The van der Waals surface area contributed by atoms with Crippen molar-refractivity contribution in [2.45, 2.75) is 6.54 Å². The van der Waals surface area contributed by atoms with Crippen molar-refractivity contribution >= 4 is 28.3 Å². The topological polar surface area (TPSA) is 66.9 Å². The highest BCUT2D eigenvalue weighted by Gasteiger charge is 2.07. The van der Waals surface area contributed by atoms with Crippen LogP contribution in [0.15, 0.2) is 85.2 Å². The van der Waals surface area contributed by atoms with Gasteiger partial charge in [-0.2, -0.15) is 0 Å². The average Bonchev–Trinajstić information content (AvgIpc) is 2.73. The molecule has 2 heterocycles. The van der Waals surface area contributed by atoms with Gasteiger partial charge in [0.1, 0.15) is 5.82 Å². The predicted octanol–water partition coefficient (Wildman–Crippen LogP) is 4.30. The Hall–Kier alpha value is -3.73. The van der Waals surface area contributed by atoms with Crippen molar-refractivity contribution in [1.82, 2.24) is 15.3 Å². The van der Waals surface area contributed by atoms with E-state index in [4.69, 9.17) is 0 Å². The van der Waals surface area contributed by atoms with Crippen molar-refractivity contribution in [2.75, 3.05) is 5.32 Å². The molecule has 4 rings (SSSR count). The van der Waals surface area contributed by atoms with Gasteiger partial charge >= 0.3 is 0 Å². The number of carbonyl (C=O) groups is 1. The molecule has 132 valence electrons. The molecule has 0 atom stereocenters. The molecule has 2 aromatic carbocycles. The number of carbonyl (C=O) groups excluding carboxylic acids is 1. The molecule has 0 saturated carbocycles. The number of benzene rings is 2. The second-order valence-corrected chi connectivity index (χ2v) is 6.13. The van der Waals surface area contributed by atoms with Gasteiger partial charge in [-0.1, -0.05) is 36.4 Å². The number of amides is 1. The molecule has 0 spiro atoms. The lowest BCUT2D eigenvalue weighted by molar-refractivity contribution is 0.0951. The minimum atomic E-state index is -0.132. The summed E-state index contributed by atoms with van der Waals surface area (Å²) in [5.74, 6) is 0.484. The smallest absolute Gasteiger partial charge is 0.251 e. The fourth-order valence-electron chi connectivity index (χ4n) is 2.82. The maximum Gasteiger partial charge on any atom is 0.251 e. The molecule has 5 heteroatoms. The van der Waals surface area contributed by atoms with E-state index in [9.17, 15) is 4.79 Å². The van der Waals surface area contributed by atoms with Crippen LogP contribution in [0.4, 0.5) is 11.5 Å². The van der Waals surface area contributed by atoms with Gasteiger partial charge in [-0.25, -0.2) is 4.98 Å². The molecular formula is C22H18N4O. The van der Waals surface area contributed by atoms with Crippen molar-refractivity contribution < 1.29 is 4.79 Å². The molecule has 2 aromatic heterocycles. The molecule has 27 heavy (non-hydrogen) atoms.